The number of aliphatic hydroxyl groups excluding tert-OH is 1. The molecule has 2 aliphatic rings. The Morgan fingerprint density at radius 1 is 1.17 bits per heavy atom. The number of fused-ring (bicyclic) bond motifs is 1. The van der Waals surface area contributed by atoms with Crippen molar-refractivity contribution in [3.63, 3.8) is 0 Å². The molecule has 0 aromatic rings. The minimum atomic E-state index is -0.0793. The number of ether oxygens (including phenoxy) is 2. The van der Waals surface area contributed by atoms with Crippen LogP contribution in [0.5, 0.6) is 0 Å². The third-order valence-electron chi connectivity index (χ3n) is 2.71. The molecule has 12 heavy (non-hydrogen) atoms. The predicted molar refractivity (Wildman–Crippen MR) is 44.0 cm³/mol. The lowest BCUT2D eigenvalue weighted by atomic mass is 9.93. The zero-order valence-electron chi connectivity index (χ0n) is 7.24. The molecule has 2 fully saturated rings. The standard InChI is InChI=1S/C9H16O3/c10-5-7-6-11-8-3-1-2-4-9(8)12-7/h7-10H,1-6H2. The highest BCUT2D eigenvalue weighted by atomic mass is 16.6. The van der Waals surface area contributed by atoms with Crippen LogP contribution in [-0.4, -0.2) is 36.6 Å². The van der Waals surface area contributed by atoms with E-state index in [1.165, 1.54) is 12.8 Å². The van der Waals surface area contributed by atoms with E-state index in [1.807, 2.05) is 0 Å². The maximum Gasteiger partial charge on any atom is 0.104 e. The highest BCUT2D eigenvalue weighted by molar-refractivity contribution is 4.81. The summed E-state index contributed by atoms with van der Waals surface area (Å²) < 4.78 is 11.3. The molecule has 70 valence electrons. The van der Waals surface area contributed by atoms with Crippen molar-refractivity contribution in [2.75, 3.05) is 13.2 Å². The van der Waals surface area contributed by atoms with Gasteiger partial charge in [0, 0.05) is 0 Å². The summed E-state index contributed by atoms with van der Waals surface area (Å²) in [6.07, 6.45) is 5.21. The predicted octanol–water partition coefficient (Wildman–Crippen LogP) is 0.705. The lowest BCUT2D eigenvalue weighted by molar-refractivity contribution is -0.200. The van der Waals surface area contributed by atoms with E-state index in [2.05, 4.69) is 0 Å². The van der Waals surface area contributed by atoms with Gasteiger partial charge in [-0.25, -0.2) is 0 Å². The fourth-order valence-electron chi connectivity index (χ4n) is 2.02. The second-order valence-corrected chi connectivity index (χ2v) is 3.64. The Balaban J connectivity index is 1.90. The normalized spacial score (nSPS) is 42.2. The highest BCUT2D eigenvalue weighted by Gasteiger charge is 2.33. The van der Waals surface area contributed by atoms with Crippen molar-refractivity contribution < 1.29 is 14.6 Å². The van der Waals surface area contributed by atoms with E-state index in [0.29, 0.717) is 12.7 Å². The number of aliphatic hydroxyl groups is 1. The third-order valence-corrected chi connectivity index (χ3v) is 2.71. The SMILES string of the molecule is OCC1COC2CCCCC2O1. The molecule has 0 radical (unpaired) electrons. The van der Waals surface area contributed by atoms with E-state index in [0.717, 1.165) is 12.8 Å². The largest absolute Gasteiger partial charge is 0.394 e. The summed E-state index contributed by atoms with van der Waals surface area (Å²) in [7, 11) is 0. The van der Waals surface area contributed by atoms with Crippen molar-refractivity contribution in [3.8, 4) is 0 Å². The number of hydrogen-bond acceptors (Lipinski definition) is 3. The van der Waals surface area contributed by atoms with E-state index in [9.17, 15) is 0 Å². The molecule has 1 N–H and O–H groups in total. The van der Waals surface area contributed by atoms with Gasteiger partial charge in [-0.3, -0.25) is 0 Å². The molecule has 1 aliphatic carbocycles. The molecule has 2 rings (SSSR count). The average Bonchev–Trinajstić information content (AvgIpc) is 2.17. The molecule has 0 aromatic heterocycles. The first kappa shape index (κ1) is 8.48. The summed E-state index contributed by atoms with van der Waals surface area (Å²) >= 11 is 0. The van der Waals surface area contributed by atoms with Crippen LogP contribution in [0.4, 0.5) is 0 Å². The topological polar surface area (TPSA) is 38.7 Å². The van der Waals surface area contributed by atoms with E-state index in [-0.39, 0.29) is 18.8 Å². The summed E-state index contributed by atoms with van der Waals surface area (Å²) in [4.78, 5) is 0. The van der Waals surface area contributed by atoms with Crippen molar-refractivity contribution in [1.82, 2.24) is 0 Å². The van der Waals surface area contributed by atoms with E-state index < -0.39 is 0 Å². The molecule has 3 heteroatoms. The van der Waals surface area contributed by atoms with Gasteiger partial charge in [-0.2, -0.15) is 0 Å². The van der Waals surface area contributed by atoms with Crippen LogP contribution in [0.25, 0.3) is 0 Å². The second-order valence-electron chi connectivity index (χ2n) is 3.64. The van der Waals surface area contributed by atoms with Crippen molar-refractivity contribution in [3.05, 3.63) is 0 Å². The van der Waals surface area contributed by atoms with Crippen LogP contribution in [-0.2, 0) is 9.47 Å². The molecule has 0 bridgehead atoms. The van der Waals surface area contributed by atoms with Crippen LogP contribution in [0.2, 0.25) is 0 Å². The fraction of sp³-hybridized carbons (Fsp3) is 1.00. The molecular weight excluding hydrogens is 156 g/mol. The summed E-state index contributed by atoms with van der Waals surface area (Å²) in [5.74, 6) is 0. The van der Waals surface area contributed by atoms with Crippen LogP contribution in [0, 0.1) is 0 Å². The third kappa shape index (κ3) is 1.63. The van der Waals surface area contributed by atoms with Crippen LogP contribution < -0.4 is 0 Å². The first-order chi connectivity index (χ1) is 5.90. The van der Waals surface area contributed by atoms with Gasteiger partial charge >= 0.3 is 0 Å². The Morgan fingerprint density at radius 2 is 1.92 bits per heavy atom. The zero-order valence-corrected chi connectivity index (χ0v) is 7.24. The molecule has 0 amide bonds. The maximum atomic E-state index is 8.88. The number of rotatable bonds is 1. The van der Waals surface area contributed by atoms with Gasteiger partial charge in [-0.15, -0.1) is 0 Å². The molecular formula is C9H16O3. The first-order valence-corrected chi connectivity index (χ1v) is 4.78. The molecule has 1 saturated carbocycles. The van der Waals surface area contributed by atoms with E-state index >= 15 is 0 Å². The van der Waals surface area contributed by atoms with Gasteiger partial charge in [-0.1, -0.05) is 12.8 Å². The number of hydrogen-bond donors (Lipinski definition) is 1. The lowest BCUT2D eigenvalue weighted by Crippen LogP contribution is -2.46. The summed E-state index contributed by atoms with van der Waals surface area (Å²) in [6.45, 7) is 0.654. The summed E-state index contributed by atoms with van der Waals surface area (Å²) in [6, 6.07) is 0. The average molecular weight is 172 g/mol. The molecule has 1 heterocycles. The van der Waals surface area contributed by atoms with Crippen LogP contribution in [0.1, 0.15) is 25.7 Å². The summed E-state index contributed by atoms with van der Waals surface area (Å²) in [5, 5.41) is 8.88. The fourth-order valence-corrected chi connectivity index (χ4v) is 2.02. The van der Waals surface area contributed by atoms with Gasteiger partial charge in [0.05, 0.1) is 25.4 Å². The Labute approximate surface area is 72.7 Å². The quantitative estimate of drug-likeness (QED) is 0.633. The Morgan fingerprint density at radius 3 is 2.67 bits per heavy atom. The Bertz CT molecular complexity index is 149. The van der Waals surface area contributed by atoms with E-state index in [1.54, 1.807) is 0 Å². The molecule has 3 nitrogen and oxygen atoms in total. The molecule has 3 atom stereocenters. The zero-order chi connectivity index (χ0) is 8.39. The second kappa shape index (κ2) is 3.73. The van der Waals surface area contributed by atoms with Gasteiger partial charge in [0.2, 0.25) is 0 Å². The molecule has 0 aromatic carbocycles. The molecule has 0 spiro atoms. The minimum absolute atomic E-state index is 0.0793. The van der Waals surface area contributed by atoms with Crippen molar-refractivity contribution in [2.45, 2.75) is 44.0 Å². The lowest BCUT2D eigenvalue weighted by Gasteiger charge is -2.38. The van der Waals surface area contributed by atoms with Crippen molar-refractivity contribution in [2.24, 2.45) is 0 Å². The van der Waals surface area contributed by atoms with Crippen LogP contribution >= 0.6 is 0 Å². The Kier molecular flexibility index (Phi) is 2.63. The molecule has 3 unspecified atom stereocenters. The van der Waals surface area contributed by atoms with Crippen molar-refractivity contribution >= 4 is 0 Å². The Hall–Kier alpha value is -0.120. The van der Waals surface area contributed by atoms with Crippen LogP contribution in [0.15, 0.2) is 0 Å². The summed E-state index contributed by atoms with van der Waals surface area (Å²) in [5.41, 5.74) is 0. The first-order valence-electron chi connectivity index (χ1n) is 4.78. The smallest absolute Gasteiger partial charge is 0.104 e. The van der Waals surface area contributed by atoms with Crippen LogP contribution in [0.3, 0.4) is 0 Å². The van der Waals surface area contributed by atoms with Gasteiger partial charge in [0.25, 0.3) is 0 Å². The molecule has 1 saturated heterocycles. The monoisotopic (exact) mass is 172 g/mol. The minimum Gasteiger partial charge on any atom is -0.394 e. The van der Waals surface area contributed by atoms with Gasteiger partial charge in [0.15, 0.2) is 0 Å². The van der Waals surface area contributed by atoms with Crippen molar-refractivity contribution in [1.29, 1.82) is 0 Å². The van der Waals surface area contributed by atoms with E-state index in [4.69, 9.17) is 14.6 Å². The highest BCUT2D eigenvalue weighted by Crippen LogP contribution is 2.27. The van der Waals surface area contributed by atoms with Gasteiger partial charge in [-0.05, 0) is 12.8 Å². The van der Waals surface area contributed by atoms with Gasteiger partial charge < -0.3 is 14.6 Å². The molecule has 1 aliphatic heterocycles. The maximum absolute atomic E-state index is 8.88. The van der Waals surface area contributed by atoms with Gasteiger partial charge in [0.1, 0.15) is 6.10 Å².